The predicted molar refractivity (Wildman–Crippen MR) is 90.7 cm³/mol. The molecule has 0 aromatic heterocycles. The zero-order valence-electron chi connectivity index (χ0n) is 12.8. The van der Waals surface area contributed by atoms with E-state index in [0.717, 1.165) is 18.7 Å². The summed E-state index contributed by atoms with van der Waals surface area (Å²) in [5.41, 5.74) is 2.27. The standard InChI is InChI=1S/C18H21ClN2O/c1-21(14-15-6-3-2-4-7-15)11-10-18(22)20-13-16-8-5-9-17(19)12-16/h2-9,12H,10-11,13-14H2,1H3,(H,20,22). The van der Waals surface area contributed by atoms with Crippen molar-refractivity contribution in [1.82, 2.24) is 10.2 Å². The Morgan fingerprint density at radius 1 is 1.09 bits per heavy atom. The molecule has 0 radical (unpaired) electrons. The molecule has 0 unspecified atom stereocenters. The van der Waals surface area contributed by atoms with Crippen LogP contribution in [-0.2, 0) is 17.9 Å². The second-order valence-corrected chi connectivity index (χ2v) is 5.82. The number of carbonyl (C=O) groups excluding carboxylic acids is 1. The summed E-state index contributed by atoms with van der Waals surface area (Å²) >= 11 is 5.92. The summed E-state index contributed by atoms with van der Waals surface area (Å²) in [6.45, 7) is 2.10. The zero-order chi connectivity index (χ0) is 15.8. The smallest absolute Gasteiger partial charge is 0.221 e. The Morgan fingerprint density at radius 2 is 1.82 bits per heavy atom. The first-order chi connectivity index (χ1) is 10.6. The molecule has 2 rings (SSSR count). The van der Waals surface area contributed by atoms with Gasteiger partial charge in [-0.3, -0.25) is 4.79 Å². The van der Waals surface area contributed by atoms with Gasteiger partial charge in [-0.2, -0.15) is 0 Å². The Bertz CT molecular complexity index is 601. The molecular weight excluding hydrogens is 296 g/mol. The lowest BCUT2D eigenvalue weighted by Gasteiger charge is -2.16. The van der Waals surface area contributed by atoms with Crippen LogP contribution in [0.2, 0.25) is 5.02 Å². The van der Waals surface area contributed by atoms with Crippen LogP contribution in [0, 0.1) is 0 Å². The van der Waals surface area contributed by atoms with E-state index >= 15 is 0 Å². The maximum Gasteiger partial charge on any atom is 0.221 e. The van der Waals surface area contributed by atoms with Crippen LogP contribution in [0.15, 0.2) is 54.6 Å². The first-order valence-corrected chi connectivity index (χ1v) is 7.75. The van der Waals surface area contributed by atoms with Gasteiger partial charge < -0.3 is 10.2 Å². The van der Waals surface area contributed by atoms with Gasteiger partial charge in [0, 0.05) is 31.1 Å². The van der Waals surface area contributed by atoms with Crippen molar-refractivity contribution in [3.63, 3.8) is 0 Å². The Labute approximate surface area is 136 Å². The van der Waals surface area contributed by atoms with Crippen molar-refractivity contribution in [1.29, 1.82) is 0 Å². The molecule has 0 heterocycles. The molecule has 3 nitrogen and oxygen atoms in total. The van der Waals surface area contributed by atoms with E-state index in [9.17, 15) is 4.79 Å². The third-order valence-electron chi connectivity index (χ3n) is 3.39. The number of nitrogens with one attached hydrogen (secondary N) is 1. The highest BCUT2D eigenvalue weighted by atomic mass is 35.5. The molecule has 2 aromatic rings. The molecule has 4 heteroatoms. The Balaban J connectivity index is 1.69. The van der Waals surface area contributed by atoms with Crippen LogP contribution in [0.25, 0.3) is 0 Å². The van der Waals surface area contributed by atoms with Gasteiger partial charge in [-0.25, -0.2) is 0 Å². The molecule has 0 aliphatic rings. The maximum absolute atomic E-state index is 11.9. The molecule has 0 saturated carbocycles. The molecule has 1 N–H and O–H groups in total. The highest BCUT2D eigenvalue weighted by molar-refractivity contribution is 6.30. The lowest BCUT2D eigenvalue weighted by Crippen LogP contribution is -2.28. The van der Waals surface area contributed by atoms with Crippen molar-refractivity contribution in [2.75, 3.05) is 13.6 Å². The quantitative estimate of drug-likeness (QED) is 0.848. The van der Waals surface area contributed by atoms with Crippen LogP contribution in [-0.4, -0.2) is 24.4 Å². The van der Waals surface area contributed by atoms with Crippen molar-refractivity contribution >= 4 is 17.5 Å². The Hall–Kier alpha value is -1.84. The summed E-state index contributed by atoms with van der Waals surface area (Å²) < 4.78 is 0. The van der Waals surface area contributed by atoms with E-state index in [-0.39, 0.29) is 5.91 Å². The molecule has 2 aromatic carbocycles. The van der Waals surface area contributed by atoms with E-state index in [0.29, 0.717) is 18.0 Å². The summed E-state index contributed by atoms with van der Waals surface area (Å²) in [5, 5.41) is 3.61. The van der Waals surface area contributed by atoms with E-state index in [1.54, 1.807) is 0 Å². The number of rotatable bonds is 7. The summed E-state index contributed by atoms with van der Waals surface area (Å²) in [6, 6.07) is 17.8. The van der Waals surface area contributed by atoms with Crippen LogP contribution in [0.3, 0.4) is 0 Å². The average Bonchev–Trinajstić information content (AvgIpc) is 2.52. The SMILES string of the molecule is CN(CCC(=O)NCc1cccc(Cl)c1)Cc1ccccc1. The highest BCUT2D eigenvalue weighted by Crippen LogP contribution is 2.10. The van der Waals surface area contributed by atoms with Crippen LogP contribution >= 0.6 is 11.6 Å². The lowest BCUT2D eigenvalue weighted by molar-refractivity contribution is -0.121. The Kier molecular flexibility index (Phi) is 6.44. The van der Waals surface area contributed by atoms with Gasteiger partial charge in [0.15, 0.2) is 0 Å². The van der Waals surface area contributed by atoms with E-state index in [2.05, 4.69) is 22.3 Å². The molecule has 0 spiro atoms. The van der Waals surface area contributed by atoms with Gasteiger partial charge in [-0.05, 0) is 30.3 Å². The predicted octanol–water partition coefficient (Wildman–Crippen LogP) is 3.48. The summed E-state index contributed by atoms with van der Waals surface area (Å²) in [6.07, 6.45) is 0.490. The van der Waals surface area contributed by atoms with Gasteiger partial charge in [-0.1, -0.05) is 54.1 Å². The fraction of sp³-hybridized carbons (Fsp3) is 0.278. The molecule has 0 aliphatic carbocycles. The summed E-state index contributed by atoms with van der Waals surface area (Å²) in [7, 11) is 2.03. The van der Waals surface area contributed by atoms with E-state index in [4.69, 9.17) is 11.6 Å². The summed E-state index contributed by atoms with van der Waals surface area (Å²) in [4.78, 5) is 14.0. The molecule has 0 saturated heterocycles. The number of nitrogens with zero attached hydrogens (tertiary/aromatic N) is 1. The average molecular weight is 317 g/mol. The van der Waals surface area contributed by atoms with Crippen molar-refractivity contribution < 1.29 is 4.79 Å². The second kappa shape index (κ2) is 8.57. The summed E-state index contributed by atoms with van der Waals surface area (Å²) in [5.74, 6) is 0.0555. The zero-order valence-corrected chi connectivity index (χ0v) is 13.5. The third-order valence-corrected chi connectivity index (χ3v) is 3.63. The fourth-order valence-electron chi connectivity index (χ4n) is 2.20. The van der Waals surface area contributed by atoms with Gasteiger partial charge in [-0.15, -0.1) is 0 Å². The van der Waals surface area contributed by atoms with Gasteiger partial charge in [0.05, 0.1) is 0 Å². The molecule has 0 aliphatic heterocycles. The van der Waals surface area contributed by atoms with E-state index < -0.39 is 0 Å². The van der Waals surface area contributed by atoms with Crippen LogP contribution in [0.5, 0.6) is 0 Å². The number of amides is 1. The third kappa shape index (κ3) is 5.88. The van der Waals surface area contributed by atoms with Crippen LogP contribution < -0.4 is 5.32 Å². The molecule has 0 bridgehead atoms. The van der Waals surface area contributed by atoms with Crippen LogP contribution in [0.1, 0.15) is 17.5 Å². The normalized spacial score (nSPS) is 10.7. The lowest BCUT2D eigenvalue weighted by atomic mass is 10.2. The van der Waals surface area contributed by atoms with E-state index in [1.165, 1.54) is 5.56 Å². The minimum absolute atomic E-state index is 0.0555. The number of hydrogen-bond donors (Lipinski definition) is 1. The second-order valence-electron chi connectivity index (χ2n) is 5.38. The van der Waals surface area contributed by atoms with Gasteiger partial charge in [0.2, 0.25) is 5.91 Å². The van der Waals surface area contributed by atoms with E-state index in [1.807, 2.05) is 49.5 Å². The van der Waals surface area contributed by atoms with Gasteiger partial charge in [0.1, 0.15) is 0 Å². The van der Waals surface area contributed by atoms with Crippen molar-refractivity contribution in [3.05, 3.63) is 70.7 Å². The molecule has 116 valence electrons. The molecule has 0 fully saturated rings. The Morgan fingerprint density at radius 3 is 2.55 bits per heavy atom. The molecule has 1 amide bonds. The number of carbonyl (C=O) groups is 1. The first-order valence-electron chi connectivity index (χ1n) is 7.37. The molecule has 22 heavy (non-hydrogen) atoms. The minimum atomic E-state index is 0.0555. The highest BCUT2D eigenvalue weighted by Gasteiger charge is 2.05. The van der Waals surface area contributed by atoms with Crippen LogP contribution in [0.4, 0.5) is 0 Å². The topological polar surface area (TPSA) is 32.3 Å². The van der Waals surface area contributed by atoms with Crippen molar-refractivity contribution in [3.8, 4) is 0 Å². The number of halogens is 1. The number of benzene rings is 2. The number of hydrogen-bond acceptors (Lipinski definition) is 2. The largest absolute Gasteiger partial charge is 0.352 e. The monoisotopic (exact) mass is 316 g/mol. The maximum atomic E-state index is 11.9. The van der Waals surface area contributed by atoms with Gasteiger partial charge >= 0.3 is 0 Å². The van der Waals surface area contributed by atoms with Crippen molar-refractivity contribution in [2.24, 2.45) is 0 Å². The van der Waals surface area contributed by atoms with Gasteiger partial charge in [0.25, 0.3) is 0 Å². The molecule has 0 atom stereocenters. The minimum Gasteiger partial charge on any atom is -0.352 e. The molecular formula is C18H21ClN2O. The first kappa shape index (κ1) is 16.5. The fourth-order valence-corrected chi connectivity index (χ4v) is 2.42. The van der Waals surface area contributed by atoms with Crippen molar-refractivity contribution in [2.45, 2.75) is 19.5 Å².